The van der Waals surface area contributed by atoms with Crippen LogP contribution in [0.5, 0.6) is 0 Å². The Morgan fingerprint density at radius 2 is 2.15 bits per heavy atom. The van der Waals surface area contributed by atoms with Crippen molar-refractivity contribution >= 4 is 28.6 Å². The van der Waals surface area contributed by atoms with Crippen LogP contribution in [0.4, 0.5) is 4.39 Å². The van der Waals surface area contributed by atoms with Crippen molar-refractivity contribution in [2.75, 3.05) is 19.7 Å². The molecule has 2 aromatic heterocycles. The van der Waals surface area contributed by atoms with Crippen LogP contribution in [0.3, 0.4) is 0 Å². The molecule has 5 nitrogen and oxygen atoms in total. The molecule has 1 amide bonds. The fourth-order valence-corrected chi connectivity index (χ4v) is 4.28. The number of carbonyl (C=O) groups excluding carboxylic acids is 1. The van der Waals surface area contributed by atoms with Gasteiger partial charge >= 0.3 is 0 Å². The molecule has 0 N–H and O–H groups in total. The molecule has 0 radical (unpaired) electrons. The molecule has 3 heterocycles. The third-order valence-electron chi connectivity index (χ3n) is 4.14. The summed E-state index contributed by atoms with van der Waals surface area (Å²) >= 11 is 2.98. The normalized spacial score (nSPS) is 17.4. The van der Waals surface area contributed by atoms with Crippen LogP contribution in [0.15, 0.2) is 41.2 Å². The van der Waals surface area contributed by atoms with E-state index in [1.165, 1.54) is 34.8 Å². The van der Waals surface area contributed by atoms with E-state index in [1.54, 1.807) is 18.3 Å². The van der Waals surface area contributed by atoms with Gasteiger partial charge in [-0.1, -0.05) is 0 Å². The Bertz CT molecular complexity index is 880. The van der Waals surface area contributed by atoms with Gasteiger partial charge in [-0.3, -0.25) is 4.79 Å². The van der Waals surface area contributed by atoms with Crippen molar-refractivity contribution < 1.29 is 13.9 Å². The lowest BCUT2D eigenvalue weighted by atomic mass is 10.2. The lowest BCUT2D eigenvalue weighted by molar-refractivity contribution is -0.138. The van der Waals surface area contributed by atoms with Crippen molar-refractivity contribution in [3.05, 3.63) is 57.1 Å². The Balaban J connectivity index is 1.41. The van der Waals surface area contributed by atoms with E-state index in [0.717, 1.165) is 21.3 Å². The average molecular weight is 389 g/mol. The highest BCUT2D eigenvalue weighted by molar-refractivity contribution is 7.10. The molecule has 0 spiro atoms. The predicted octanol–water partition coefficient (Wildman–Crippen LogP) is 3.55. The maximum Gasteiger partial charge on any atom is 0.229 e. The standard InChI is InChI=1S/C18H16FN3O2S2/c19-13-3-1-12(2-4-13)14-11-26-16(21-14)9-17(23)22-6-7-24-15(10-22)18-20-5-8-25-18/h1-5,8,11,15H,6-7,9-10H2. The fourth-order valence-electron chi connectivity index (χ4n) is 2.81. The molecule has 1 unspecified atom stereocenters. The van der Waals surface area contributed by atoms with E-state index in [9.17, 15) is 9.18 Å². The first kappa shape index (κ1) is 17.3. The largest absolute Gasteiger partial charge is 0.367 e. The van der Waals surface area contributed by atoms with Crippen LogP contribution in [0.25, 0.3) is 11.3 Å². The zero-order chi connectivity index (χ0) is 17.9. The fraction of sp³-hybridized carbons (Fsp3) is 0.278. The summed E-state index contributed by atoms with van der Waals surface area (Å²) in [6, 6.07) is 6.20. The molecule has 1 saturated heterocycles. The number of ether oxygens (including phenoxy) is 1. The SMILES string of the molecule is O=C(Cc1nc(-c2ccc(F)cc2)cs1)N1CCOC(c2nccs2)C1. The Morgan fingerprint density at radius 1 is 1.31 bits per heavy atom. The summed E-state index contributed by atoms with van der Waals surface area (Å²) in [5.74, 6) is -0.239. The predicted molar refractivity (Wildman–Crippen MR) is 98.6 cm³/mol. The molecule has 4 rings (SSSR count). The molecule has 3 aromatic rings. The van der Waals surface area contributed by atoms with Crippen molar-refractivity contribution in [1.82, 2.24) is 14.9 Å². The van der Waals surface area contributed by atoms with Gasteiger partial charge in [0.15, 0.2) is 0 Å². The molecule has 1 aliphatic heterocycles. The summed E-state index contributed by atoms with van der Waals surface area (Å²) < 4.78 is 18.8. The van der Waals surface area contributed by atoms with E-state index >= 15 is 0 Å². The third kappa shape index (κ3) is 3.82. The van der Waals surface area contributed by atoms with E-state index in [4.69, 9.17) is 4.74 Å². The molecule has 1 atom stereocenters. The maximum absolute atomic E-state index is 13.0. The number of nitrogens with zero attached hydrogens (tertiary/aromatic N) is 3. The van der Waals surface area contributed by atoms with Gasteiger partial charge in [-0.05, 0) is 24.3 Å². The summed E-state index contributed by atoms with van der Waals surface area (Å²) in [6.45, 7) is 1.61. The topological polar surface area (TPSA) is 55.3 Å². The van der Waals surface area contributed by atoms with Gasteiger partial charge in [0.05, 0.1) is 25.3 Å². The van der Waals surface area contributed by atoms with Gasteiger partial charge in [-0.2, -0.15) is 0 Å². The summed E-state index contributed by atoms with van der Waals surface area (Å²) in [5.41, 5.74) is 1.61. The number of hydrogen-bond acceptors (Lipinski definition) is 6. The van der Waals surface area contributed by atoms with Crippen molar-refractivity contribution in [3.8, 4) is 11.3 Å². The van der Waals surface area contributed by atoms with Gasteiger partial charge < -0.3 is 9.64 Å². The van der Waals surface area contributed by atoms with Crippen LogP contribution in [0, 0.1) is 5.82 Å². The van der Waals surface area contributed by atoms with Crippen LogP contribution in [-0.2, 0) is 16.0 Å². The van der Waals surface area contributed by atoms with E-state index in [1.807, 2.05) is 15.7 Å². The number of amides is 1. The quantitative estimate of drug-likeness (QED) is 0.685. The summed E-state index contributed by atoms with van der Waals surface area (Å²) in [4.78, 5) is 23.3. The molecule has 1 aliphatic rings. The molecule has 0 bridgehead atoms. The number of aromatic nitrogens is 2. The molecule has 8 heteroatoms. The second-order valence-corrected chi connectivity index (χ2v) is 7.75. The van der Waals surface area contributed by atoms with Crippen molar-refractivity contribution in [2.45, 2.75) is 12.5 Å². The number of morpholine rings is 1. The number of carbonyl (C=O) groups is 1. The Labute approximate surface area is 158 Å². The second kappa shape index (κ2) is 7.61. The number of rotatable bonds is 4. The molecule has 134 valence electrons. The summed E-state index contributed by atoms with van der Waals surface area (Å²) in [6.07, 6.45) is 1.85. The van der Waals surface area contributed by atoms with E-state index < -0.39 is 0 Å². The van der Waals surface area contributed by atoms with Gasteiger partial charge in [0.2, 0.25) is 5.91 Å². The van der Waals surface area contributed by atoms with Gasteiger partial charge in [0.1, 0.15) is 21.9 Å². The Kier molecular flexibility index (Phi) is 5.05. The molecule has 0 aliphatic carbocycles. The maximum atomic E-state index is 13.0. The third-order valence-corrected chi connectivity index (χ3v) is 5.86. The zero-order valence-corrected chi connectivity index (χ0v) is 15.4. The Morgan fingerprint density at radius 3 is 2.92 bits per heavy atom. The van der Waals surface area contributed by atoms with Crippen LogP contribution >= 0.6 is 22.7 Å². The van der Waals surface area contributed by atoms with Gasteiger partial charge in [0, 0.05) is 29.1 Å². The molecular formula is C18H16FN3O2S2. The highest BCUT2D eigenvalue weighted by atomic mass is 32.1. The molecule has 0 saturated carbocycles. The van der Waals surface area contributed by atoms with Crippen molar-refractivity contribution in [3.63, 3.8) is 0 Å². The van der Waals surface area contributed by atoms with Crippen LogP contribution < -0.4 is 0 Å². The first-order valence-electron chi connectivity index (χ1n) is 8.18. The minimum absolute atomic E-state index is 0.0369. The number of benzene rings is 1. The van der Waals surface area contributed by atoms with Crippen LogP contribution in [-0.4, -0.2) is 40.5 Å². The summed E-state index contributed by atoms with van der Waals surface area (Å²) in [7, 11) is 0. The highest BCUT2D eigenvalue weighted by Gasteiger charge is 2.27. The molecule has 26 heavy (non-hydrogen) atoms. The lowest BCUT2D eigenvalue weighted by Crippen LogP contribution is -2.42. The first-order valence-corrected chi connectivity index (χ1v) is 9.94. The number of thiazole rings is 2. The van der Waals surface area contributed by atoms with Gasteiger partial charge in [-0.15, -0.1) is 22.7 Å². The number of halogens is 1. The molecule has 1 aromatic carbocycles. The van der Waals surface area contributed by atoms with E-state index in [-0.39, 0.29) is 24.2 Å². The lowest BCUT2D eigenvalue weighted by Gasteiger charge is -2.31. The van der Waals surface area contributed by atoms with Gasteiger partial charge in [0.25, 0.3) is 0 Å². The molecule has 1 fully saturated rings. The Hall–Kier alpha value is -2.16. The highest BCUT2D eigenvalue weighted by Crippen LogP contribution is 2.26. The average Bonchev–Trinajstić information content (AvgIpc) is 3.34. The van der Waals surface area contributed by atoms with Crippen molar-refractivity contribution in [2.24, 2.45) is 0 Å². The molecular weight excluding hydrogens is 373 g/mol. The van der Waals surface area contributed by atoms with Gasteiger partial charge in [-0.25, -0.2) is 14.4 Å². The van der Waals surface area contributed by atoms with Crippen LogP contribution in [0.2, 0.25) is 0 Å². The van der Waals surface area contributed by atoms with E-state index in [2.05, 4.69) is 9.97 Å². The van der Waals surface area contributed by atoms with E-state index in [0.29, 0.717) is 19.7 Å². The minimum atomic E-state index is -0.276. The van der Waals surface area contributed by atoms with Crippen LogP contribution in [0.1, 0.15) is 16.1 Å². The monoisotopic (exact) mass is 389 g/mol. The zero-order valence-electron chi connectivity index (χ0n) is 13.8. The second-order valence-electron chi connectivity index (χ2n) is 5.88. The summed E-state index contributed by atoms with van der Waals surface area (Å²) in [5, 5.41) is 5.46. The minimum Gasteiger partial charge on any atom is -0.367 e. The smallest absolute Gasteiger partial charge is 0.229 e. The first-order chi connectivity index (χ1) is 12.7. The van der Waals surface area contributed by atoms with Crippen molar-refractivity contribution in [1.29, 1.82) is 0 Å². The number of hydrogen-bond donors (Lipinski definition) is 0.